The quantitative estimate of drug-likeness (QED) is 0.461. The fourth-order valence-corrected chi connectivity index (χ4v) is 3.86. The summed E-state index contributed by atoms with van der Waals surface area (Å²) < 4.78 is 0. The summed E-state index contributed by atoms with van der Waals surface area (Å²) in [5, 5.41) is 9.60. The highest BCUT2D eigenvalue weighted by Crippen LogP contribution is 2.52. The first-order chi connectivity index (χ1) is 8.54. The van der Waals surface area contributed by atoms with Crippen LogP contribution in [0.5, 0.6) is 0 Å². The zero-order valence-corrected chi connectivity index (χ0v) is 12.8. The molecule has 0 aliphatic heterocycles. The number of rotatable bonds is 7. The Morgan fingerprint density at radius 1 is 1.33 bits per heavy atom. The molecule has 0 saturated heterocycles. The van der Waals surface area contributed by atoms with E-state index in [-0.39, 0.29) is 5.31 Å². The van der Waals surface area contributed by atoms with Crippen molar-refractivity contribution in [1.29, 1.82) is 5.26 Å². The zero-order chi connectivity index (χ0) is 13.6. The predicted molar refractivity (Wildman–Crippen MR) is 81.2 cm³/mol. The highest BCUT2D eigenvalue weighted by atomic mass is 14.4. The van der Waals surface area contributed by atoms with Gasteiger partial charge in [0.05, 0.1) is 6.07 Å². The molecule has 0 aromatic heterocycles. The lowest BCUT2D eigenvalue weighted by Crippen LogP contribution is -2.24. The smallest absolute Gasteiger partial charge is 0.149 e. The third kappa shape index (κ3) is 4.04. The summed E-state index contributed by atoms with van der Waals surface area (Å²) in [7, 11) is 1.13. The number of nitrogens with zero attached hydrogens (tertiary/aromatic N) is 1. The van der Waals surface area contributed by atoms with Crippen molar-refractivity contribution >= 4 is 7.28 Å². The number of hydrogen-bond acceptors (Lipinski definition) is 1. The molecular weight excluding hydrogens is 217 g/mol. The Balaban J connectivity index is 2.41. The highest BCUT2D eigenvalue weighted by molar-refractivity contribution is 6.43. The SMILES string of the molecule is CCCCCCC(C)BC1(C#N)CC(C)CC1C. The Morgan fingerprint density at radius 2 is 2.06 bits per heavy atom. The van der Waals surface area contributed by atoms with Crippen molar-refractivity contribution in [3.05, 3.63) is 0 Å². The molecule has 0 N–H and O–H groups in total. The Kier molecular flexibility index (Phi) is 6.26. The second kappa shape index (κ2) is 7.22. The van der Waals surface area contributed by atoms with E-state index < -0.39 is 0 Å². The van der Waals surface area contributed by atoms with E-state index in [2.05, 4.69) is 33.8 Å². The molecule has 1 fully saturated rings. The van der Waals surface area contributed by atoms with Gasteiger partial charge in [0, 0.05) is 5.31 Å². The van der Waals surface area contributed by atoms with Crippen LogP contribution in [0, 0.1) is 23.2 Å². The maximum atomic E-state index is 9.61. The van der Waals surface area contributed by atoms with Crippen LogP contribution >= 0.6 is 0 Å². The standard InChI is InChI=1S/C16H30BN/c1-5-6-7-8-9-15(4)17-16(12-18)11-13(2)10-14(16)3/h13-15,17H,5-11H2,1-4H3. The molecule has 4 atom stereocenters. The zero-order valence-electron chi connectivity index (χ0n) is 12.8. The number of unbranched alkanes of at least 4 members (excludes halogenated alkanes) is 3. The van der Waals surface area contributed by atoms with Crippen molar-refractivity contribution in [2.24, 2.45) is 11.8 Å². The van der Waals surface area contributed by atoms with Crippen LogP contribution in [0.25, 0.3) is 0 Å². The number of nitriles is 1. The number of hydrogen-bond donors (Lipinski definition) is 0. The van der Waals surface area contributed by atoms with Gasteiger partial charge in [-0.1, -0.05) is 65.6 Å². The fraction of sp³-hybridized carbons (Fsp3) is 0.938. The van der Waals surface area contributed by atoms with Gasteiger partial charge in [-0.2, -0.15) is 5.26 Å². The molecule has 0 aromatic rings. The summed E-state index contributed by atoms with van der Waals surface area (Å²) in [5.41, 5.74) is 0. The minimum absolute atomic E-state index is 0.0103. The van der Waals surface area contributed by atoms with Gasteiger partial charge < -0.3 is 0 Å². The lowest BCUT2D eigenvalue weighted by atomic mass is 9.42. The normalized spacial score (nSPS) is 33.1. The van der Waals surface area contributed by atoms with E-state index in [4.69, 9.17) is 0 Å². The first kappa shape index (κ1) is 15.6. The fourth-order valence-electron chi connectivity index (χ4n) is 3.86. The highest BCUT2D eigenvalue weighted by Gasteiger charge is 2.44. The van der Waals surface area contributed by atoms with Crippen molar-refractivity contribution in [2.45, 2.75) is 83.8 Å². The summed E-state index contributed by atoms with van der Waals surface area (Å²) in [4.78, 5) is 0. The molecule has 0 heterocycles. The van der Waals surface area contributed by atoms with Crippen LogP contribution in [0.2, 0.25) is 11.1 Å². The maximum Gasteiger partial charge on any atom is 0.149 e. The summed E-state index contributed by atoms with van der Waals surface area (Å²) in [6.07, 6.45) is 9.08. The lowest BCUT2D eigenvalue weighted by molar-refractivity contribution is 0.513. The topological polar surface area (TPSA) is 23.8 Å². The molecule has 1 aliphatic carbocycles. The molecule has 0 amide bonds. The van der Waals surface area contributed by atoms with Crippen LogP contribution in [0.15, 0.2) is 0 Å². The van der Waals surface area contributed by atoms with Crippen LogP contribution in [0.4, 0.5) is 0 Å². The van der Waals surface area contributed by atoms with Crippen molar-refractivity contribution < 1.29 is 0 Å². The molecule has 0 aromatic carbocycles. The molecule has 102 valence electrons. The molecule has 18 heavy (non-hydrogen) atoms. The van der Waals surface area contributed by atoms with Crippen molar-refractivity contribution in [2.75, 3.05) is 0 Å². The van der Waals surface area contributed by atoms with Gasteiger partial charge in [-0.05, 0) is 24.7 Å². The third-order valence-electron chi connectivity index (χ3n) is 4.90. The van der Waals surface area contributed by atoms with E-state index in [1.807, 2.05) is 0 Å². The molecule has 0 radical (unpaired) electrons. The van der Waals surface area contributed by atoms with Gasteiger partial charge in [0.1, 0.15) is 7.28 Å². The van der Waals surface area contributed by atoms with Gasteiger partial charge in [0.2, 0.25) is 0 Å². The van der Waals surface area contributed by atoms with Gasteiger partial charge >= 0.3 is 0 Å². The van der Waals surface area contributed by atoms with Gasteiger partial charge in [-0.3, -0.25) is 0 Å². The minimum atomic E-state index is -0.0103. The predicted octanol–water partition coefficient (Wildman–Crippen LogP) is 4.95. The van der Waals surface area contributed by atoms with Crippen LogP contribution in [0.1, 0.15) is 72.6 Å². The molecule has 1 aliphatic rings. The van der Waals surface area contributed by atoms with E-state index in [0.29, 0.717) is 11.7 Å². The third-order valence-corrected chi connectivity index (χ3v) is 4.90. The Labute approximate surface area is 115 Å². The molecular formula is C16H30BN. The van der Waals surface area contributed by atoms with E-state index in [0.717, 1.165) is 19.6 Å². The van der Waals surface area contributed by atoms with Crippen LogP contribution in [-0.4, -0.2) is 7.28 Å². The Morgan fingerprint density at radius 3 is 2.56 bits per heavy atom. The molecule has 1 nitrogen and oxygen atoms in total. The monoisotopic (exact) mass is 247 g/mol. The van der Waals surface area contributed by atoms with E-state index in [1.54, 1.807) is 0 Å². The van der Waals surface area contributed by atoms with Gasteiger partial charge in [-0.25, -0.2) is 0 Å². The average molecular weight is 247 g/mol. The maximum absolute atomic E-state index is 9.61. The van der Waals surface area contributed by atoms with Crippen LogP contribution in [0.3, 0.4) is 0 Å². The van der Waals surface area contributed by atoms with Crippen LogP contribution in [-0.2, 0) is 0 Å². The molecule has 1 rings (SSSR count). The van der Waals surface area contributed by atoms with Gasteiger partial charge in [-0.15, -0.1) is 0 Å². The second-order valence-corrected chi connectivity index (χ2v) is 6.87. The molecule has 0 spiro atoms. The van der Waals surface area contributed by atoms with Gasteiger partial charge in [0.25, 0.3) is 0 Å². The molecule has 0 bridgehead atoms. The summed E-state index contributed by atoms with van der Waals surface area (Å²) in [5.74, 6) is 2.05. The molecule has 4 unspecified atom stereocenters. The van der Waals surface area contributed by atoms with E-state index >= 15 is 0 Å². The van der Waals surface area contributed by atoms with Crippen molar-refractivity contribution in [1.82, 2.24) is 0 Å². The lowest BCUT2D eigenvalue weighted by Gasteiger charge is -2.28. The summed E-state index contributed by atoms with van der Waals surface area (Å²) >= 11 is 0. The summed E-state index contributed by atoms with van der Waals surface area (Å²) in [6, 6.07) is 2.69. The molecule has 1 saturated carbocycles. The largest absolute Gasteiger partial charge is 0.199 e. The summed E-state index contributed by atoms with van der Waals surface area (Å²) in [6.45, 7) is 9.20. The average Bonchev–Trinajstić information content (AvgIpc) is 2.60. The van der Waals surface area contributed by atoms with E-state index in [1.165, 1.54) is 38.5 Å². The van der Waals surface area contributed by atoms with Gasteiger partial charge in [0.15, 0.2) is 0 Å². The second-order valence-electron chi connectivity index (χ2n) is 6.87. The van der Waals surface area contributed by atoms with E-state index in [9.17, 15) is 5.26 Å². The first-order valence-corrected chi connectivity index (χ1v) is 7.95. The Hall–Kier alpha value is -0.445. The van der Waals surface area contributed by atoms with Crippen molar-refractivity contribution in [3.63, 3.8) is 0 Å². The van der Waals surface area contributed by atoms with Crippen molar-refractivity contribution in [3.8, 4) is 6.07 Å². The minimum Gasteiger partial charge on any atom is -0.199 e. The van der Waals surface area contributed by atoms with Crippen LogP contribution < -0.4 is 0 Å². The first-order valence-electron chi connectivity index (χ1n) is 7.95. The molecule has 2 heteroatoms. The Bertz CT molecular complexity index is 283.